The topological polar surface area (TPSA) is 81.2 Å². The summed E-state index contributed by atoms with van der Waals surface area (Å²) in [7, 11) is 0. The van der Waals surface area contributed by atoms with E-state index in [-0.39, 0.29) is 4.88 Å². The van der Waals surface area contributed by atoms with Crippen molar-refractivity contribution in [3.8, 4) is 0 Å². The number of fused-ring (bicyclic) bond motifs is 2. The number of benzene rings is 2. The molecule has 0 atom stereocenters. The van der Waals surface area contributed by atoms with Gasteiger partial charge in [0.25, 0.3) is 5.91 Å². The van der Waals surface area contributed by atoms with E-state index in [9.17, 15) is 9.59 Å². The van der Waals surface area contributed by atoms with Crippen molar-refractivity contribution >= 4 is 73.3 Å². The zero-order valence-corrected chi connectivity index (χ0v) is 15.5. The molecule has 2 aromatic carbocycles. The zero-order chi connectivity index (χ0) is 18.1. The van der Waals surface area contributed by atoms with Gasteiger partial charge in [0.15, 0.2) is 6.61 Å². The van der Waals surface area contributed by atoms with E-state index < -0.39 is 18.5 Å². The minimum Gasteiger partial charge on any atom is -0.451 e. The Bertz CT molecular complexity index is 1140. The number of rotatable bonds is 4. The van der Waals surface area contributed by atoms with Gasteiger partial charge in [0.05, 0.1) is 22.4 Å². The third-order valence-electron chi connectivity index (χ3n) is 3.61. The first kappa shape index (κ1) is 16.9. The summed E-state index contributed by atoms with van der Waals surface area (Å²) in [5.41, 5.74) is 1.82. The van der Waals surface area contributed by atoms with Crippen molar-refractivity contribution in [2.24, 2.45) is 0 Å². The molecular weight excluding hydrogens is 394 g/mol. The number of halogens is 1. The Balaban J connectivity index is 1.44. The van der Waals surface area contributed by atoms with Crippen molar-refractivity contribution in [1.29, 1.82) is 0 Å². The molecule has 1 amide bonds. The van der Waals surface area contributed by atoms with Crippen LogP contribution in [-0.2, 0) is 9.53 Å². The van der Waals surface area contributed by atoms with Gasteiger partial charge in [0.1, 0.15) is 15.9 Å². The molecule has 26 heavy (non-hydrogen) atoms. The molecule has 2 aromatic heterocycles. The molecule has 0 aliphatic rings. The van der Waals surface area contributed by atoms with Crippen LogP contribution in [0.3, 0.4) is 0 Å². The lowest BCUT2D eigenvalue weighted by atomic mass is 10.2. The number of ether oxygens (including phenoxy) is 1. The van der Waals surface area contributed by atoms with E-state index in [0.717, 1.165) is 21.8 Å². The number of carbonyl (C=O) groups excluding carboxylic acids is 2. The molecule has 2 heterocycles. The zero-order valence-electron chi connectivity index (χ0n) is 13.1. The number of anilines is 1. The Morgan fingerprint density at radius 2 is 1.96 bits per heavy atom. The Hall–Kier alpha value is -2.55. The van der Waals surface area contributed by atoms with Crippen molar-refractivity contribution in [1.82, 2.24) is 8.75 Å². The van der Waals surface area contributed by atoms with E-state index in [1.807, 2.05) is 24.3 Å². The highest BCUT2D eigenvalue weighted by Crippen LogP contribution is 2.35. The summed E-state index contributed by atoms with van der Waals surface area (Å²) < 4.78 is 14.2. The molecular formula is C17H10ClN3O3S2. The Kier molecular flexibility index (Phi) is 4.54. The maximum absolute atomic E-state index is 12.3. The monoisotopic (exact) mass is 403 g/mol. The second kappa shape index (κ2) is 6.99. The molecule has 6 nitrogen and oxygen atoms in total. The summed E-state index contributed by atoms with van der Waals surface area (Å²) in [6.45, 7) is -0.419. The molecule has 0 spiro atoms. The van der Waals surface area contributed by atoms with Crippen LogP contribution in [0.15, 0.2) is 42.5 Å². The summed E-state index contributed by atoms with van der Waals surface area (Å²) >= 11 is 8.54. The Morgan fingerprint density at radius 1 is 1.12 bits per heavy atom. The summed E-state index contributed by atoms with van der Waals surface area (Å²) in [6.07, 6.45) is 0. The number of esters is 1. The van der Waals surface area contributed by atoms with Crippen LogP contribution in [0.5, 0.6) is 0 Å². The first-order valence-corrected chi connectivity index (χ1v) is 9.41. The lowest BCUT2D eigenvalue weighted by molar-refractivity contribution is -0.119. The molecule has 4 aromatic rings. The lowest BCUT2D eigenvalue weighted by Crippen LogP contribution is -2.20. The number of carbonyl (C=O) groups is 2. The van der Waals surface area contributed by atoms with Crippen molar-refractivity contribution in [3.05, 3.63) is 52.4 Å². The van der Waals surface area contributed by atoms with E-state index >= 15 is 0 Å². The highest BCUT2D eigenvalue weighted by Gasteiger charge is 2.19. The van der Waals surface area contributed by atoms with Crippen molar-refractivity contribution in [2.75, 3.05) is 11.9 Å². The molecule has 0 aliphatic heterocycles. The summed E-state index contributed by atoms with van der Waals surface area (Å²) in [5, 5.41) is 3.81. The number of nitrogens with one attached hydrogen (secondary N) is 1. The van der Waals surface area contributed by atoms with Crippen LogP contribution in [0.25, 0.3) is 21.1 Å². The third kappa shape index (κ3) is 3.14. The van der Waals surface area contributed by atoms with Crippen molar-refractivity contribution < 1.29 is 14.3 Å². The van der Waals surface area contributed by atoms with E-state index in [1.54, 1.807) is 18.2 Å². The number of nitrogens with zero attached hydrogens (tertiary/aromatic N) is 2. The normalized spacial score (nSPS) is 11.0. The number of hydrogen-bond donors (Lipinski definition) is 1. The van der Waals surface area contributed by atoms with Gasteiger partial charge in [-0.2, -0.15) is 8.75 Å². The van der Waals surface area contributed by atoms with Crippen LogP contribution in [0.1, 0.15) is 9.67 Å². The van der Waals surface area contributed by atoms with Crippen molar-refractivity contribution in [2.45, 2.75) is 0 Å². The van der Waals surface area contributed by atoms with Gasteiger partial charge in [0.2, 0.25) is 0 Å². The lowest BCUT2D eigenvalue weighted by Gasteiger charge is -2.06. The molecule has 0 saturated carbocycles. The average molecular weight is 404 g/mol. The largest absolute Gasteiger partial charge is 0.451 e. The highest BCUT2D eigenvalue weighted by molar-refractivity contribution is 7.21. The van der Waals surface area contributed by atoms with Gasteiger partial charge in [-0.1, -0.05) is 35.9 Å². The number of aromatic nitrogens is 2. The van der Waals surface area contributed by atoms with Crippen LogP contribution in [0.2, 0.25) is 5.02 Å². The molecule has 0 fully saturated rings. The predicted molar refractivity (Wildman–Crippen MR) is 103 cm³/mol. The summed E-state index contributed by atoms with van der Waals surface area (Å²) in [4.78, 5) is 24.7. The van der Waals surface area contributed by atoms with Gasteiger partial charge in [-0.05, 0) is 18.2 Å². The van der Waals surface area contributed by atoms with Crippen LogP contribution in [0.4, 0.5) is 5.69 Å². The van der Waals surface area contributed by atoms with E-state index in [2.05, 4.69) is 14.1 Å². The smallest absolute Gasteiger partial charge is 0.350 e. The molecule has 0 aliphatic carbocycles. The van der Waals surface area contributed by atoms with Crippen LogP contribution in [0, 0.1) is 0 Å². The number of amides is 1. The van der Waals surface area contributed by atoms with Crippen LogP contribution in [-0.4, -0.2) is 27.2 Å². The molecule has 4 rings (SSSR count). The molecule has 0 unspecified atom stereocenters. The Labute approximate surface area is 160 Å². The SMILES string of the molecule is O=C(COC(=O)c1sc2ccccc2c1Cl)Nc1cccc2nsnc12. The van der Waals surface area contributed by atoms with E-state index in [1.165, 1.54) is 11.3 Å². The summed E-state index contributed by atoms with van der Waals surface area (Å²) in [5.74, 6) is -1.09. The first-order valence-electron chi connectivity index (χ1n) is 7.49. The fraction of sp³-hybridized carbons (Fsp3) is 0.0588. The average Bonchev–Trinajstić information content (AvgIpc) is 3.25. The fourth-order valence-corrected chi connectivity index (χ4v) is 4.39. The van der Waals surface area contributed by atoms with E-state index in [4.69, 9.17) is 16.3 Å². The van der Waals surface area contributed by atoms with E-state index in [0.29, 0.717) is 21.7 Å². The Morgan fingerprint density at radius 3 is 2.81 bits per heavy atom. The minimum absolute atomic E-state index is 0.284. The molecule has 0 radical (unpaired) electrons. The van der Waals surface area contributed by atoms with Gasteiger partial charge in [-0.3, -0.25) is 4.79 Å². The van der Waals surface area contributed by atoms with Crippen LogP contribution >= 0.6 is 34.7 Å². The predicted octanol–water partition coefficient (Wildman–Crippen LogP) is 4.35. The van der Waals surface area contributed by atoms with Gasteiger partial charge >= 0.3 is 5.97 Å². The summed E-state index contributed by atoms with van der Waals surface area (Å²) in [6, 6.07) is 12.7. The van der Waals surface area contributed by atoms with Crippen molar-refractivity contribution in [3.63, 3.8) is 0 Å². The fourth-order valence-electron chi connectivity index (χ4n) is 2.44. The second-order valence-corrected chi connectivity index (χ2v) is 7.26. The minimum atomic E-state index is -0.625. The van der Waals surface area contributed by atoms with Gasteiger partial charge in [-0.15, -0.1) is 11.3 Å². The highest BCUT2D eigenvalue weighted by atomic mass is 35.5. The molecule has 0 saturated heterocycles. The maximum atomic E-state index is 12.3. The first-order chi connectivity index (χ1) is 12.6. The quantitative estimate of drug-likeness (QED) is 0.512. The molecule has 9 heteroatoms. The van der Waals surface area contributed by atoms with Crippen LogP contribution < -0.4 is 5.32 Å². The van der Waals surface area contributed by atoms with Gasteiger partial charge in [0, 0.05) is 10.1 Å². The molecule has 130 valence electrons. The standard InChI is InChI=1S/C17H10ClN3O3S2/c18-14-9-4-1-2-7-12(9)25-16(14)17(23)24-8-13(22)19-10-5-3-6-11-15(10)21-26-20-11/h1-7H,8H2,(H,19,22). The van der Waals surface area contributed by atoms with Gasteiger partial charge in [-0.25, -0.2) is 4.79 Å². The molecule has 0 bridgehead atoms. The second-order valence-electron chi connectivity index (χ2n) is 5.30. The maximum Gasteiger partial charge on any atom is 0.350 e. The molecule has 1 N–H and O–H groups in total. The van der Waals surface area contributed by atoms with Gasteiger partial charge < -0.3 is 10.1 Å². The number of thiophene rings is 1. The number of hydrogen-bond acceptors (Lipinski definition) is 7. The third-order valence-corrected chi connectivity index (χ3v) is 5.81.